The van der Waals surface area contributed by atoms with E-state index >= 15 is 0 Å². The molecule has 3 fully saturated rings. The summed E-state index contributed by atoms with van der Waals surface area (Å²) in [5.41, 5.74) is 0.820. The fourth-order valence-corrected chi connectivity index (χ4v) is 4.33. The fourth-order valence-electron chi connectivity index (χ4n) is 4.33. The summed E-state index contributed by atoms with van der Waals surface area (Å²) < 4.78 is 13.5. The van der Waals surface area contributed by atoms with Crippen molar-refractivity contribution in [2.75, 3.05) is 31.2 Å². The highest BCUT2D eigenvalue weighted by Crippen LogP contribution is 2.38. The summed E-state index contributed by atoms with van der Waals surface area (Å²) in [7, 11) is 0. The minimum absolute atomic E-state index is 0.180. The molecule has 146 valence electrons. The van der Waals surface area contributed by atoms with Gasteiger partial charge in [-0.15, -0.1) is 0 Å². The lowest BCUT2D eigenvalue weighted by atomic mass is 9.94. The number of hydrogen-bond donors (Lipinski definition) is 1. The summed E-state index contributed by atoms with van der Waals surface area (Å²) in [5, 5.41) is 10.9. The van der Waals surface area contributed by atoms with Crippen molar-refractivity contribution in [1.29, 1.82) is 0 Å². The Balaban J connectivity index is 1.43. The lowest BCUT2D eigenvalue weighted by molar-refractivity contribution is -0.0723. The van der Waals surface area contributed by atoms with Crippen molar-refractivity contribution in [3.05, 3.63) is 12.7 Å². The fraction of sp³-hybridized carbons (Fsp3) is 0.737. The Morgan fingerprint density at radius 3 is 2.78 bits per heavy atom. The number of morpholine rings is 1. The van der Waals surface area contributed by atoms with Crippen molar-refractivity contribution in [2.45, 2.75) is 57.0 Å². The van der Waals surface area contributed by atoms with Crippen molar-refractivity contribution in [1.82, 2.24) is 19.5 Å². The Morgan fingerprint density at radius 2 is 2.00 bits per heavy atom. The molecule has 0 amide bonds. The van der Waals surface area contributed by atoms with Gasteiger partial charge in [0.15, 0.2) is 17.0 Å². The maximum Gasteiger partial charge on any atom is 0.165 e. The van der Waals surface area contributed by atoms with E-state index in [1.165, 1.54) is 12.8 Å². The summed E-state index contributed by atoms with van der Waals surface area (Å²) >= 11 is 0. The Kier molecular flexibility index (Phi) is 4.29. The predicted molar refractivity (Wildman–Crippen MR) is 99.6 cm³/mol. The summed E-state index contributed by atoms with van der Waals surface area (Å²) in [4.78, 5) is 15.9. The third-order valence-electron chi connectivity index (χ3n) is 6.00. The quantitative estimate of drug-likeness (QED) is 0.866. The largest absolute Gasteiger partial charge is 0.388 e. The van der Waals surface area contributed by atoms with Crippen LogP contribution in [0.1, 0.15) is 32.6 Å². The van der Waals surface area contributed by atoms with Crippen LogP contribution in [-0.2, 0) is 16.0 Å². The van der Waals surface area contributed by atoms with Crippen molar-refractivity contribution in [3.63, 3.8) is 0 Å². The highest BCUT2D eigenvalue weighted by molar-refractivity contribution is 5.83. The molecule has 0 radical (unpaired) electrons. The third kappa shape index (κ3) is 3.41. The van der Waals surface area contributed by atoms with Gasteiger partial charge in [0.2, 0.25) is 0 Å². The van der Waals surface area contributed by atoms with Crippen molar-refractivity contribution < 1.29 is 14.6 Å². The zero-order chi connectivity index (χ0) is 18.4. The maximum atomic E-state index is 10.9. The van der Waals surface area contributed by atoms with E-state index < -0.39 is 5.60 Å². The molecule has 2 aromatic rings. The lowest BCUT2D eigenvalue weighted by Crippen LogP contribution is -2.48. The molecule has 2 saturated heterocycles. The van der Waals surface area contributed by atoms with Gasteiger partial charge in [0.05, 0.1) is 30.7 Å². The van der Waals surface area contributed by atoms with E-state index in [2.05, 4.69) is 26.8 Å². The van der Waals surface area contributed by atoms with E-state index in [1.807, 2.05) is 4.57 Å². The predicted octanol–water partition coefficient (Wildman–Crippen LogP) is 1.37. The Labute approximate surface area is 158 Å². The highest BCUT2D eigenvalue weighted by atomic mass is 16.5. The smallest absolute Gasteiger partial charge is 0.165 e. The van der Waals surface area contributed by atoms with Gasteiger partial charge in [-0.2, -0.15) is 0 Å². The molecule has 2 aliphatic heterocycles. The summed E-state index contributed by atoms with van der Waals surface area (Å²) in [6.45, 7) is 5.46. The molecular weight excluding hydrogens is 346 g/mol. The van der Waals surface area contributed by atoms with Gasteiger partial charge in [-0.3, -0.25) is 0 Å². The third-order valence-corrected chi connectivity index (χ3v) is 6.00. The summed E-state index contributed by atoms with van der Waals surface area (Å²) in [6, 6.07) is 0. The molecule has 4 heterocycles. The molecule has 3 aliphatic rings. The van der Waals surface area contributed by atoms with Crippen LogP contribution in [0.5, 0.6) is 0 Å². The minimum atomic E-state index is -0.762. The second-order valence-electron chi connectivity index (χ2n) is 8.31. The van der Waals surface area contributed by atoms with Gasteiger partial charge in [-0.1, -0.05) is 0 Å². The van der Waals surface area contributed by atoms with Gasteiger partial charge in [0, 0.05) is 39.1 Å². The Morgan fingerprint density at radius 1 is 1.19 bits per heavy atom. The van der Waals surface area contributed by atoms with E-state index in [9.17, 15) is 5.11 Å². The zero-order valence-corrected chi connectivity index (χ0v) is 15.8. The number of aliphatic hydroxyl groups is 1. The topological polar surface area (TPSA) is 85.5 Å². The standard InChI is InChI=1S/C19H27N5O3/c1-13-8-23(9-15(27-13)14-2-3-14)17-16-18(21-11-20-17)24(12-22-16)10-19(25)4-6-26-7-5-19/h11-15,25H,2-10H2,1H3. The molecule has 0 spiro atoms. The van der Waals surface area contributed by atoms with Crippen LogP contribution in [0.15, 0.2) is 12.7 Å². The van der Waals surface area contributed by atoms with Crippen LogP contribution in [0.2, 0.25) is 0 Å². The first-order chi connectivity index (χ1) is 13.1. The number of rotatable bonds is 4. The average Bonchev–Trinajstić information content (AvgIpc) is 3.44. The first kappa shape index (κ1) is 17.3. The molecule has 1 aliphatic carbocycles. The number of ether oxygens (including phenoxy) is 2. The molecular formula is C19H27N5O3. The molecule has 27 heavy (non-hydrogen) atoms. The molecule has 0 bridgehead atoms. The van der Waals surface area contributed by atoms with Crippen LogP contribution < -0.4 is 4.90 Å². The van der Waals surface area contributed by atoms with E-state index in [0.29, 0.717) is 38.5 Å². The monoisotopic (exact) mass is 373 g/mol. The van der Waals surface area contributed by atoms with Gasteiger partial charge in [0.1, 0.15) is 6.33 Å². The number of imidazole rings is 1. The molecule has 2 atom stereocenters. The molecule has 1 saturated carbocycles. The Hall–Kier alpha value is -1.77. The van der Waals surface area contributed by atoms with E-state index in [-0.39, 0.29) is 12.2 Å². The number of fused-ring (bicyclic) bond motifs is 1. The first-order valence-corrected chi connectivity index (χ1v) is 9.98. The minimum Gasteiger partial charge on any atom is -0.388 e. The van der Waals surface area contributed by atoms with Crippen molar-refractivity contribution in [2.24, 2.45) is 5.92 Å². The van der Waals surface area contributed by atoms with Gasteiger partial charge in [-0.05, 0) is 25.7 Å². The lowest BCUT2D eigenvalue weighted by Gasteiger charge is -2.37. The van der Waals surface area contributed by atoms with Crippen LogP contribution in [0.3, 0.4) is 0 Å². The molecule has 5 rings (SSSR count). The van der Waals surface area contributed by atoms with E-state index in [4.69, 9.17) is 9.47 Å². The second kappa shape index (κ2) is 6.68. The molecule has 8 heteroatoms. The van der Waals surface area contributed by atoms with Crippen LogP contribution in [0.25, 0.3) is 11.2 Å². The van der Waals surface area contributed by atoms with Gasteiger partial charge >= 0.3 is 0 Å². The number of nitrogens with zero attached hydrogens (tertiary/aromatic N) is 5. The van der Waals surface area contributed by atoms with Crippen LogP contribution in [-0.4, -0.2) is 68.7 Å². The van der Waals surface area contributed by atoms with Gasteiger partial charge < -0.3 is 24.0 Å². The molecule has 2 aromatic heterocycles. The maximum absolute atomic E-state index is 10.9. The first-order valence-electron chi connectivity index (χ1n) is 9.98. The van der Waals surface area contributed by atoms with Crippen molar-refractivity contribution in [3.8, 4) is 0 Å². The van der Waals surface area contributed by atoms with Gasteiger partial charge in [0.25, 0.3) is 0 Å². The van der Waals surface area contributed by atoms with Crippen LogP contribution in [0.4, 0.5) is 5.82 Å². The van der Waals surface area contributed by atoms with Gasteiger partial charge in [-0.25, -0.2) is 15.0 Å². The van der Waals surface area contributed by atoms with Crippen LogP contribution >= 0.6 is 0 Å². The molecule has 1 N–H and O–H groups in total. The summed E-state index contributed by atoms with van der Waals surface area (Å²) in [6.07, 6.45) is 7.64. The summed E-state index contributed by atoms with van der Waals surface area (Å²) in [5.74, 6) is 1.56. The zero-order valence-electron chi connectivity index (χ0n) is 15.8. The number of hydrogen-bond acceptors (Lipinski definition) is 7. The number of aromatic nitrogens is 4. The van der Waals surface area contributed by atoms with E-state index in [0.717, 1.165) is 30.1 Å². The van der Waals surface area contributed by atoms with Crippen molar-refractivity contribution >= 4 is 17.0 Å². The second-order valence-corrected chi connectivity index (χ2v) is 8.31. The Bertz CT molecular complexity index is 815. The van der Waals surface area contributed by atoms with Crippen LogP contribution in [0, 0.1) is 5.92 Å². The SMILES string of the molecule is CC1CN(c2ncnc3c2ncn3CC2(O)CCOCC2)CC(C2CC2)O1. The normalized spacial score (nSPS) is 28.6. The highest BCUT2D eigenvalue weighted by Gasteiger charge is 2.38. The molecule has 2 unspecified atom stereocenters. The number of anilines is 1. The average molecular weight is 373 g/mol. The molecule has 0 aromatic carbocycles. The molecule has 8 nitrogen and oxygen atoms in total. The van der Waals surface area contributed by atoms with E-state index in [1.54, 1.807) is 12.7 Å².